The fraction of sp³-hybridized carbons (Fsp3) is 0.857. The second-order valence-corrected chi connectivity index (χ2v) is 5.68. The van der Waals surface area contributed by atoms with E-state index in [-0.39, 0.29) is 0 Å². The SMILES string of the molecule is C1=CC2CC3CCCCC3CCCC12. The molecule has 3 aliphatic carbocycles. The van der Waals surface area contributed by atoms with Gasteiger partial charge in [-0.3, -0.25) is 0 Å². The molecule has 0 aromatic heterocycles. The summed E-state index contributed by atoms with van der Waals surface area (Å²) < 4.78 is 0. The molecule has 0 N–H and O–H groups in total. The summed E-state index contributed by atoms with van der Waals surface area (Å²) in [5.41, 5.74) is 0. The van der Waals surface area contributed by atoms with Crippen LogP contribution in [0.1, 0.15) is 51.4 Å². The molecule has 4 atom stereocenters. The van der Waals surface area contributed by atoms with Crippen molar-refractivity contribution in [2.24, 2.45) is 23.7 Å². The predicted octanol–water partition coefficient (Wildman–Crippen LogP) is 4.17. The van der Waals surface area contributed by atoms with E-state index in [4.69, 9.17) is 0 Å². The van der Waals surface area contributed by atoms with E-state index in [1.807, 2.05) is 0 Å². The first-order valence-corrected chi connectivity index (χ1v) is 6.62. The van der Waals surface area contributed by atoms with E-state index in [0.717, 1.165) is 23.7 Å². The van der Waals surface area contributed by atoms with E-state index in [0.29, 0.717) is 0 Å². The summed E-state index contributed by atoms with van der Waals surface area (Å²) in [5, 5.41) is 0. The number of hydrogen-bond acceptors (Lipinski definition) is 0. The van der Waals surface area contributed by atoms with E-state index in [9.17, 15) is 0 Å². The first kappa shape index (κ1) is 9.00. The molecule has 0 bridgehead atoms. The van der Waals surface area contributed by atoms with Crippen LogP contribution in [-0.4, -0.2) is 0 Å². The Balaban J connectivity index is 1.70. The van der Waals surface area contributed by atoms with E-state index in [2.05, 4.69) is 12.2 Å². The highest BCUT2D eigenvalue weighted by Gasteiger charge is 2.33. The van der Waals surface area contributed by atoms with E-state index >= 15 is 0 Å². The Hall–Kier alpha value is -0.260. The molecule has 0 aliphatic heterocycles. The largest absolute Gasteiger partial charge is 0.0845 e. The number of rotatable bonds is 0. The van der Waals surface area contributed by atoms with Crippen molar-refractivity contribution >= 4 is 0 Å². The molecule has 0 aromatic carbocycles. The first-order valence-electron chi connectivity index (χ1n) is 6.62. The minimum absolute atomic E-state index is 0.984. The fourth-order valence-electron chi connectivity index (χ4n) is 3.93. The molecule has 0 aromatic rings. The van der Waals surface area contributed by atoms with Crippen LogP contribution in [-0.2, 0) is 0 Å². The van der Waals surface area contributed by atoms with E-state index in [1.165, 1.54) is 32.1 Å². The van der Waals surface area contributed by atoms with Crippen molar-refractivity contribution in [2.45, 2.75) is 51.4 Å². The van der Waals surface area contributed by atoms with Crippen LogP contribution in [0.3, 0.4) is 0 Å². The molecular formula is C14H22. The molecule has 78 valence electrons. The van der Waals surface area contributed by atoms with Crippen molar-refractivity contribution in [3.05, 3.63) is 12.2 Å². The van der Waals surface area contributed by atoms with Gasteiger partial charge in [-0.1, -0.05) is 50.7 Å². The van der Waals surface area contributed by atoms with Crippen molar-refractivity contribution in [1.82, 2.24) is 0 Å². The lowest BCUT2D eigenvalue weighted by Crippen LogP contribution is -2.29. The maximum Gasteiger partial charge on any atom is -0.0168 e. The van der Waals surface area contributed by atoms with Crippen LogP contribution < -0.4 is 0 Å². The smallest absolute Gasteiger partial charge is 0.0168 e. The third-order valence-electron chi connectivity index (χ3n) is 4.91. The summed E-state index contributed by atoms with van der Waals surface area (Å²) in [6.07, 6.45) is 17.2. The second kappa shape index (κ2) is 3.72. The van der Waals surface area contributed by atoms with E-state index in [1.54, 1.807) is 19.3 Å². The third kappa shape index (κ3) is 1.53. The van der Waals surface area contributed by atoms with Crippen LogP contribution in [0.5, 0.6) is 0 Å². The molecule has 2 saturated carbocycles. The van der Waals surface area contributed by atoms with Crippen molar-refractivity contribution in [3.8, 4) is 0 Å². The molecule has 0 saturated heterocycles. The summed E-state index contributed by atoms with van der Waals surface area (Å²) in [7, 11) is 0. The Labute approximate surface area is 87.8 Å². The lowest BCUT2D eigenvalue weighted by molar-refractivity contribution is 0.150. The molecule has 0 spiro atoms. The highest BCUT2D eigenvalue weighted by Crippen LogP contribution is 2.45. The summed E-state index contributed by atoms with van der Waals surface area (Å²) in [4.78, 5) is 0. The topological polar surface area (TPSA) is 0 Å². The first-order chi connectivity index (χ1) is 6.93. The van der Waals surface area contributed by atoms with Gasteiger partial charge in [-0.15, -0.1) is 0 Å². The van der Waals surface area contributed by atoms with Crippen molar-refractivity contribution < 1.29 is 0 Å². The maximum absolute atomic E-state index is 2.49. The van der Waals surface area contributed by atoms with Crippen LogP contribution in [0.25, 0.3) is 0 Å². The highest BCUT2D eigenvalue weighted by atomic mass is 14.4. The molecule has 0 heterocycles. The molecule has 2 fully saturated rings. The van der Waals surface area contributed by atoms with Gasteiger partial charge >= 0.3 is 0 Å². The lowest BCUT2D eigenvalue weighted by Gasteiger charge is -2.40. The van der Waals surface area contributed by atoms with Gasteiger partial charge in [0.1, 0.15) is 0 Å². The molecule has 3 rings (SSSR count). The Bertz CT molecular complexity index is 228. The fourth-order valence-corrected chi connectivity index (χ4v) is 3.93. The Morgan fingerprint density at radius 3 is 2.14 bits per heavy atom. The average Bonchev–Trinajstić information content (AvgIpc) is 2.19. The summed E-state index contributed by atoms with van der Waals surface area (Å²) in [6, 6.07) is 0. The van der Waals surface area contributed by atoms with Gasteiger partial charge in [0.25, 0.3) is 0 Å². The standard InChI is InChI=1S/C14H22/c1-2-5-13-10-14-9-8-12(14)7-3-6-11(13)4-1/h8-9,11-14H,1-7,10H2. The van der Waals surface area contributed by atoms with Crippen molar-refractivity contribution in [3.63, 3.8) is 0 Å². The zero-order valence-electron chi connectivity index (χ0n) is 9.12. The zero-order valence-corrected chi connectivity index (χ0v) is 9.12. The Morgan fingerprint density at radius 2 is 1.36 bits per heavy atom. The summed E-state index contributed by atoms with van der Waals surface area (Å²) in [6.45, 7) is 0. The molecule has 0 heteroatoms. The van der Waals surface area contributed by atoms with Gasteiger partial charge in [-0.25, -0.2) is 0 Å². The summed E-state index contributed by atoms with van der Waals surface area (Å²) >= 11 is 0. The van der Waals surface area contributed by atoms with Crippen molar-refractivity contribution in [1.29, 1.82) is 0 Å². The van der Waals surface area contributed by atoms with Gasteiger partial charge in [0.2, 0.25) is 0 Å². The van der Waals surface area contributed by atoms with Crippen LogP contribution in [0.2, 0.25) is 0 Å². The van der Waals surface area contributed by atoms with Gasteiger partial charge in [-0.2, -0.15) is 0 Å². The molecule has 3 aliphatic rings. The van der Waals surface area contributed by atoms with Gasteiger partial charge in [0.05, 0.1) is 0 Å². The molecular weight excluding hydrogens is 168 g/mol. The van der Waals surface area contributed by atoms with Crippen LogP contribution in [0.15, 0.2) is 12.2 Å². The monoisotopic (exact) mass is 190 g/mol. The maximum atomic E-state index is 2.49. The van der Waals surface area contributed by atoms with Gasteiger partial charge in [-0.05, 0) is 36.5 Å². The zero-order chi connectivity index (χ0) is 9.38. The Kier molecular flexibility index (Phi) is 2.39. The van der Waals surface area contributed by atoms with Crippen LogP contribution in [0, 0.1) is 23.7 Å². The number of allylic oxidation sites excluding steroid dienone is 2. The van der Waals surface area contributed by atoms with Gasteiger partial charge in [0, 0.05) is 0 Å². The number of hydrogen-bond donors (Lipinski definition) is 0. The molecule has 14 heavy (non-hydrogen) atoms. The molecule has 4 unspecified atom stereocenters. The van der Waals surface area contributed by atoms with Gasteiger partial charge in [0.15, 0.2) is 0 Å². The molecule has 0 amide bonds. The minimum Gasteiger partial charge on any atom is -0.0845 e. The summed E-state index contributed by atoms with van der Waals surface area (Å²) in [5.74, 6) is 4.18. The van der Waals surface area contributed by atoms with Crippen LogP contribution >= 0.6 is 0 Å². The number of fused-ring (bicyclic) bond motifs is 2. The van der Waals surface area contributed by atoms with Crippen molar-refractivity contribution in [2.75, 3.05) is 0 Å². The molecule has 0 nitrogen and oxygen atoms in total. The molecule has 0 radical (unpaired) electrons. The quantitative estimate of drug-likeness (QED) is 0.503. The lowest BCUT2D eigenvalue weighted by atomic mass is 9.65. The van der Waals surface area contributed by atoms with Crippen LogP contribution in [0.4, 0.5) is 0 Å². The minimum atomic E-state index is 0.984. The Morgan fingerprint density at radius 1 is 0.643 bits per heavy atom. The van der Waals surface area contributed by atoms with Gasteiger partial charge < -0.3 is 0 Å². The normalized spacial score (nSPS) is 46.9. The highest BCUT2D eigenvalue weighted by molar-refractivity contribution is 5.10. The third-order valence-corrected chi connectivity index (χ3v) is 4.91. The van der Waals surface area contributed by atoms with E-state index < -0.39 is 0 Å². The second-order valence-electron chi connectivity index (χ2n) is 5.68. The average molecular weight is 190 g/mol. The predicted molar refractivity (Wildman–Crippen MR) is 60.0 cm³/mol.